The van der Waals surface area contributed by atoms with Crippen molar-refractivity contribution in [2.24, 2.45) is 0 Å². The van der Waals surface area contributed by atoms with Gasteiger partial charge in [-0.2, -0.15) is 0 Å². The first-order chi connectivity index (χ1) is 13.5. The van der Waals surface area contributed by atoms with Crippen LogP contribution in [0.5, 0.6) is 11.5 Å². The van der Waals surface area contributed by atoms with E-state index in [9.17, 15) is 14.4 Å². The molecule has 2 heterocycles. The molecule has 0 saturated carbocycles. The molecule has 148 valence electrons. The largest absolute Gasteiger partial charge is 0.493 e. The summed E-state index contributed by atoms with van der Waals surface area (Å²) < 4.78 is 20.5. The van der Waals surface area contributed by atoms with E-state index in [0.29, 0.717) is 11.5 Å². The van der Waals surface area contributed by atoms with Gasteiger partial charge >= 0.3 is 11.9 Å². The van der Waals surface area contributed by atoms with Crippen LogP contribution in [-0.4, -0.2) is 44.8 Å². The number of carbonyl (C=O) groups is 3. The maximum Gasteiger partial charge on any atom is 0.347 e. The standard InChI is InChI=1S/C19H19NO7S/c1-24-15-9-12(18(22)27-14-5-6-26-19(14)23)13(10-16(15)25-2)20-17(21)8-11-4-3-7-28-11/h3-4,7,9-10,14H,5-6,8H2,1-2H3,(H,20,21)/t14-/m1/s1. The van der Waals surface area contributed by atoms with Gasteiger partial charge in [0, 0.05) is 23.4 Å². The first-order valence-electron chi connectivity index (χ1n) is 8.47. The lowest BCUT2D eigenvalue weighted by molar-refractivity contribution is -0.145. The quantitative estimate of drug-likeness (QED) is 0.706. The Morgan fingerprint density at radius 3 is 2.61 bits per heavy atom. The molecule has 1 fully saturated rings. The zero-order chi connectivity index (χ0) is 20.1. The Bertz CT molecular complexity index is 879. The molecular formula is C19H19NO7S. The minimum Gasteiger partial charge on any atom is -0.493 e. The highest BCUT2D eigenvalue weighted by Gasteiger charge is 2.32. The fourth-order valence-electron chi connectivity index (χ4n) is 2.69. The van der Waals surface area contributed by atoms with Crippen molar-refractivity contribution in [2.75, 3.05) is 26.1 Å². The zero-order valence-corrected chi connectivity index (χ0v) is 16.2. The zero-order valence-electron chi connectivity index (χ0n) is 15.4. The van der Waals surface area contributed by atoms with E-state index in [1.165, 1.54) is 37.7 Å². The van der Waals surface area contributed by atoms with Gasteiger partial charge in [0.2, 0.25) is 12.0 Å². The van der Waals surface area contributed by atoms with Gasteiger partial charge in [0.1, 0.15) is 0 Å². The number of nitrogens with one attached hydrogen (secondary N) is 1. The molecule has 1 saturated heterocycles. The van der Waals surface area contributed by atoms with Gasteiger partial charge in [-0.3, -0.25) is 4.79 Å². The second kappa shape index (κ2) is 8.75. The topological polar surface area (TPSA) is 100 Å². The van der Waals surface area contributed by atoms with Crippen LogP contribution in [0, 0.1) is 0 Å². The third-order valence-corrected chi connectivity index (χ3v) is 4.95. The van der Waals surface area contributed by atoms with Crippen molar-refractivity contribution in [1.82, 2.24) is 0 Å². The molecule has 1 N–H and O–H groups in total. The Labute approximate surface area is 165 Å². The van der Waals surface area contributed by atoms with E-state index in [4.69, 9.17) is 18.9 Å². The predicted octanol–water partition coefficient (Wildman–Crippen LogP) is 2.42. The third-order valence-electron chi connectivity index (χ3n) is 4.07. The van der Waals surface area contributed by atoms with Crippen molar-refractivity contribution in [3.63, 3.8) is 0 Å². The molecule has 9 heteroatoms. The normalized spacial score (nSPS) is 15.6. The van der Waals surface area contributed by atoms with Crippen LogP contribution >= 0.6 is 11.3 Å². The second-order valence-electron chi connectivity index (χ2n) is 5.91. The van der Waals surface area contributed by atoms with Crippen LogP contribution in [0.1, 0.15) is 21.7 Å². The first kappa shape index (κ1) is 19.7. The van der Waals surface area contributed by atoms with Crippen LogP contribution in [0.25, 0.3) is 0 Å². The van der Waals surface area contributed by atoms with Gasteiger partial charge in [-0.15, -0.1) is 11.3 Å². The summed E-state index contributed by atoms with van der Waals surface area (Å²) in [5.41, 5.74) is 0.257. The highest BCUT2D eigenvalue weighted by atomic mass is 32.1. The summed E-state index contributed by atoms with van der Waals surface area (Å²) in [4.78, 5) is 37.5. The number of hydrogen-bond acceptors (Lipinski definition) is 8. The average Bonchev–Trinajstić information content (AvgIpc) is 3.33. The number of rotatable bonds is 7. The van der Waals surface area contributed by atoms with E-state index in [2.05, 4.69) is 5.32 Å². The third kappa shape index (κ3) is 4.42. The van der Waals surface area contributed by atoms with E-state index in [1.54, 1.807) is 0 Å². The fraction of sp³-hybridized carbons (Fsp3) is 0.316. The van der Waals surface area contributed by atoms with Gasteiger partial charge in [0.25, 0.3) is 0 Å². The summed E-state index contributed by atoms with van der Waals surface area (Å²) >= 11 is 1.46. The van der Waals surface area contributed by atoms with Crippen LogP contribution in [-0.2, 0) is 25.5 Å². The van der Waals surface area contributed by atoms with Crippen molar-refractivity contribution in [3.8, 4) is 11.5 Å². The molecule has 0 unspecified atom stereocenters. The molecule has 1 aromatic carbocycles. The van der Waals surface area contributed by atoms with E-state index in [0.717, 1.165) is 4.88 Å². The number of carbonyl (C=O) groups excluding carboxylic acids is 3. The van der Waals surface area contributed by atoms with Crippen LogP contribution in [0.2, 0.25) is 0 Å². The van der Waals surface area contributed by atoms with Crippen molar-refractivity contribution in [3.05, 3.63) is 40.1 Å². The first-order valence-corrected chi connectivity index (χ1v) is 9.35. The average molecular weight is 405 g/mol. The van der Waals surface area contributed by atoms with Crippen molar-refractivity contribution in [1.29, 1.82) is 0 Å². The maximum atomic E-state index is 12.7. The van der Waals surface area contributed by atoms with Gasteiger partial charge < -0.3 is 24.3 Å². The molecule has 0 aliphatic carbocycles. The number of amides is 1. The van der Waals surface area contributed by atoms with E-state index < -0.39 is 18.0 Å². The Morgan fingerprint density at radius 1 is 1.25 bits per heavy atom. The molecule has 1 aromatic heterocycles. The van der Waals surface area contributed by atoms with Crippen molar-refractivity contribution < 1.29 is 33.3 Å². The van der Waals surface area contributed by atoms with Crippen LogP contribution in [0.15, 0.2) is 29.6 Å². The molecule has 28 heavy (non-hydrogen) atoms. The second-order valence-corrected chi connectivity index (χ2v) is 6.94. The molecule has 1 aliphatic heterocycles. The van der Waals surface area contributed by atoms with Crippen molar-refractivity contribution in [2.45, 2.75) is 18.9 Å². The summed E-state index contributed by atoms with van der Waals surface area (Å²) in [6.45, 7) is 0.202. The lowest BCUT2D eigenvalue weighted by Gasteiger charge is -2.16. The van der Waals surface area contributed by atoms with Crippen LogP contribution in [0.4, 0.5) is 5.69 Å². The summed E-state index contributed by atoms with van der Waals surface area (Å²) in [5.74, 6) is -1.03. The maximum absolute atomic E-state index is 12.7. The van der Waals surface area contributed by atoms with Gasteiger partial charge in [-0.25, -0.2) is 9.59 Å². The number of hydrogen-bond donors (Lipinski definition) is 1. The number of anilines is 1. The lowest BCUT2D eigenvalue weighted by atomic mass is 10.1. The molecule has 1 amide bonds. The van der Waals surface area contributed by atoms with E-state index in [-0.39, 0.29) is 36.6 Å². The summed E-state index contributed by atoms with van der Waals surface area (Å²) in [6, 6.07) is 6.59. The minimum atomic E-state index is -0.963. The summed E-state index contributed by atoms with van der Waals surface area (Å²) in [5, 5.41) is 4.58. The number of ether oxygens (including phenoxy) is 4. The molecule has 0 radical (unpaired) electrons. The van der Waals surface area contributed by atoms with Crippen molar-refractivity contribution >= 4 is 34.9 Å². The van der Waals surface area contributed by atoms with Gasteiger partial charge in [-0.1, -0.05) is 6.07 Å². The molecule has 1 aliphatic rings. The molecule has 1 atom stereocenters. The monoisotopic (exact) mass is 405 g/mol. The number of esters is 2. The molecule has 0 bridgehead atoms. The van der Waals surface area contributed by atoms with E-state index >= 15 is 0 Å². The van der Waals surface area contributed by atoms with Crippen LogP contribution in [0.3, 0.4) is 0 Å². The molecule has 3 rings (SSSR count). The Balaban J connectivity index is 1.86. The number of cyclic esters (lactones) is 1. The molecular weight excluding hydrogens is 386 g/mol. The molecule has 2 aromatic rings. The smallest absolute Gasteiger partial charge is 0.347 e. The predicted molar refractivity (Wildman–Crippen MR) is 101 cm³/mol. The van der Waals surface area contributed by atoms with Gasteiger partial charge in [0.05, 0.1) is 38.5 Å². The Morgan fingerprint density at radius 2 is 2.00 bits per heavy atom. The number of thiophene rings is 1. The summed E-state index contributed by atoms with van der Waals surface area (Å²) in [6.07, 6.45) is -0.511. The SMILES string of the molecule is COc1cc(NC(=O)Cc2cccs2)c(C(=O)O[C@@H]2CCOC2=O)cc1OC. The molecule has 0 spiro atoms. The van der Waals surface area contributed by atoms with E-state index in [1.807, 2.05) is 17.5 Å². The Kier molecular flexibility index (Phi) is 6.15. The minimum absolute atomic E-state index is 0.0527. The Hall–Kier alpha value is -3.07. The van der Waals surface area contributed by atoms with Crippen LogP contribution < -0.4 is 14.8 Å². The summed E-state index contributed by atoms with van der Waals surface area (Å²) in [7, 11) is 2.87. The highest BCUT2D eigenvalue weighted by Crippen LogP contribution is 2.34. The number of benzene rings is 1. The van der Waals surface area contributed by atoms with Gasteiger partial charge in [0.15, 0.2) is 11.5 Å². The highest BCUT2D eigenvalue weighted by molar-refractivity contribution is 7.10. The number of methoxy groups -OCH3 is 2. The lowest BCUT2D eigenvalue weighted by Crippen LogP contribution is -2.24. The fourth-order valence-corrected chi connectivity index (χ4v) is 3.40. The van der Waals surface area contributed by atoms with Gasteiger partial charge in [-0.05, 0) is 11.4 Å². The molecule has 8 nitrogen and oxygen atoms in total.